The van der Waals surface area contributed by atoms with E-state index >= 15 is 0 Å². The molecule has 0 spiro atoms. The standard InChI is InChI=1S/C11H15N3O2/c12-10(16)9-2-1-4-13-11(9)14-5-3-8(6-14)7-15/h1-2,4,8,15H,3,5-7H2,(H2,12,16)/t8-/m1/s1. The molecule has 0 bridgehead atoms. The predicted octanol–water partition coefficient (Wildman–Crippen LogP) is -0.000900. The Kier molecular flexibility index (Phi) is 3.05. The van der Waals surface area contributed by atoms with Gasteiger partial charge in [0, 0.05) is 31.8 Å². The lowest BCUT2D eigenvalue weighted by atomic mass is 10.1. The normalized spacial score (nSPS) is 20.1. The second-order valence-corrected chi connectivity index (χ2v) is 4.02. The SMILES string of the molecule is NC(=O)c1cccnc1N1CC[C@@H](CO)C1. The molecule has 5 nitrogen and oxygen atoms in total. The minimum atomic E-state index is -0.462. The number of primary amides is 1. The lowest BCUT2D eigenvalue weighted by molar-refractivity contribution is 0.100. The third-order valence-corrected chi connectivity index (χ3v) is 2.90. The average Bonchev–Trinajstić information content (AvgIpc) is 2.77. The number of aliphatic hydroxyl groups is 1. The van der Waals surface area contributed by atoms with Crippen LogP contribution in [0.4, 0.5) is 5.82 Å². The summed E-state index contributed by atoms with van der Waals surface area (Å²) in [5, 5.41) is 9.07. The van der Waals surface area contributed by atoms with Crippen molar-refractivity contribution in [1.82, 2.24) is 4.98 Å². The molecular weight excluding hydrogens is 206 g/mol. The highest BCUT2D eigenvalue weighted by molar-refractivity contribution is 5.97. The van der Waals surface area contributed by atoms with Gasteiger partial charge in [0.15, 0.2) is 0 Å². The molecule has 3 N–H and O–H groups in total. The number of aromatic nitrogens is 1. The van der Waals surface area contributed by atoms with E-state index in [1.807, 2.05) is 4.90 Å². The van der Waals surface area contributed by atoms with E-state index in [-0.39, 0.29) is 12.5 Å². The molecule has 1 aromatic heterocycles. The number of aliphatic hydroxyl groups excluding tert-OH is 1. The summed E-state index contributed by atoms with van der Waals surface area (Å²) >= 11 is 0. The number of carbonyl (C=O) groups is 1. The first-order valence-electron chi connectivity index (χ1n) is 5.33. The van der Waals surface area contributed by atoms with Crippen molar-refractivity contribution in [3.63, 3.8) is 0 Å². The van der Waals surface area contributed by atoms with E-state index in [1.165, 1.54) is 0 Å². The maximum Gasteiger partial charge on any atom is 0.252 e. The Balaban J connectivity index is 2.24. The Morgan fingerprint density at radius 1 is 1.69 bits per heavy atom. The van der Waals surface area contributed by atoms with E-state index in [0.717, 1.165) is 19.5 Å². The van der Waals surface area contributed by atoms with Crippen LogP contribution in [0.2, 0.25) is 0 Å². The van der Waals surface area contributed by atoms with Gasteiger partial charge in [0.25, 0.3) is 5.91 Å². The molecule has 0 unspecified atom stereocenters. The number of pyridine rings is 1. The zero-order valence-electron chi connectivity index (χ0n) is 8.97. The van der Waals surface area contributed by atoms with Gasteiger partial charge >= 0.3 is 0 Å². The molecule has 1 amide bonds. The Bertz CT molecular complexity index is 395. The number of nitrogens with two attached hydrogens (primary N) is 1. The fraction of sp³-hybridized carbons (Fsp3) is 0.455. The largest absolute Gasteiger partial charge is 0.396 e. The van der Waals surface area contributed by atoms with Crippen molar-refractivity contribution in [3.05, 3.63) is 23.9 Å². The molecule has 1 aromatic rings. The van der Waals surface area contributed by atoms with Gasteiger partial charge in [0.1, 0.15) is 5.82 Å². The fourth-order valence-electron chi connectivity index (χ4n) is 2.02. The molecule has 0 aliphatic carbocycles. The van der Waals surface area contributed by atoms with Gasteiger partial charge in [-0.3, -0.25) is 4.79 Å². The number of hydrogen-bond acceptors (Lipinski definition) is 4. The van der Waals surface area contributed by atoms with Crippen molar-refractivity contribution in [1.29, 1.82) is 0 Å². The summed E-state index contributed by atoms with van der Waals surface area (Å²) in [5.41, 5.74) is 5.74. The van der Waals surface area contributed by atoms with Gasteiger partial charge < -0.3 is 15.7 Å². The van der Waals surface area contributed by atoms with Gasteiger partial charge in [0.2, 0.25) is 0 Å². The molecule has 2 rings (SSSR count). The zero-order valence-corrected chi connectivity index (χ0v) is 8.97. The maximum atomic E-state index is 11.2. The summed E-state index contributed by atoms with van der Waals surface area (Å²) in [7, 11) is 0. The molecule has 86 valence electrons. The molecule has 5 heteroatoms. The monoisotopic (exact) mass is 221 g/mol. The summed E-state index contributed by atoms with van der Waals surface area (Å²) < 4.78 is 0. The Morgan fingerprint density at radius 3 is 3.12 bits per heavy atom. The number of rotatable bonds is 3. The van der Waals surface area contributed by atoms with E-state index in [4.69, 9.17) is 10.8 Å². The third kappa shape index (κ3) is 1.99. The molecule has 0 radical (unpaired) electrons. The second-order valence-electron chi connectivity index (χ2n) is 4.02. The summed E-state index contributed by atoms with van der Waals surface area (Å²) in [4.78, 5) is 17.4. The van der Waals surface area contributed by atoms with Gasteiger partial charge in [-0.1, -0.05) is 0 Å². The lowest BCUT2D eigenvalue weighted by Gasteiger charge is -2.19. The van der Waals surface area contributed by atoms with Gasteiger partial charge in [-0.2, -0.15) is 0 Å². The van der Waals surface area contributed by atoms with Crippen LogP contribution in [0.3, 0.4) is 0 Å². The fourth-order valence-corrected chi connectivity index (χ4v) is 2.02. The molecule has 1 fully saturated rings. The van der Waals surface area contributed by atoms with Crippen molar-refractivity contribution in [2.45, 2.75) is 6.42 Å². The first-order valence-corrected chi connectivity index (χ1v) is 5.33. The molecule has 2 heterocycles. The van der Waals surface area contributed by atoms with Crippen molar-refractivity contribution in [3.8, 4) is 0 Å². The summed E-state index contributed by atoms with van der Waals surface area (Å²) in [6.07, 6.45) is 2.57. The Morgan fingerprint density at radius 2 is 2.50 bits per heavy atom. The van der Waals surface area contributed by atoms with Crippen LogP contribution in [0.25, 0.3) is 0 Å². The van der Waals surface area contributed by atoms with Crippen LogP contribution in [0, 0.1) is 5.92 Å². The van der Waals surface area contributed by atoms with Crippen LogP contribution in [-0.2, 0) is 0 Å². The van der Waals surface area contributed by atoms with E-state index in [1.54, 1.807) is 18.3 Å². The number of nitrogens with zero attached hydrogens (tertiary/aromatic N) is 2. The van der Waals surface area contributed by atoms with Crippen molar-refractivity contribution in [2.75, 3.05) is 24.6 Å². The predicted molar refractivity (Wildman–Crippen MR) is 60.2 cm³/mol. The van der Waals surface area contributed by atoms with E-state index in [0.29, 0.717) is 11.4 Å². The van der Waals surface area contributed by atoms with Crippen LogP contribution < -0.4 is 10.6 Å². The Hall–Kier alpha value is -1.62. The van der Waals surface area contributed by atoms with Crippen LogP contribution in [0.15, 0.2) is 18.3 Å². The van der Waals surface area contributed by atoms with Crippen LogP contribution in [0.1, 0.15) is 16.8 Å². The van der Waals surface area contributed by atoms with Crippen LogP contribution in [0.5, 0.6) is 0 Å². The third-order valence-electron chi connectivity index (χ3n) is 2.90. The lowest BCUT2D eigenvalue weighted by Crippen LogP contribution is -2.25. The minimum absolute atomic E-state index is 0.176. The number of amides is 1. The molecule has 0 aromatic carbocycles. The first kappa shape index (κ1) is 10.9. The molecule has 1 saturated heterocycles. The van der Waals surface area contributed by atoms with Crippen molar-refractivity contribution >= 4 is 11.7 Å². The number of hydrogen-bond donors (Lipinski definition) is 2. The Labute approximate surface area is 93.9 Å². The first-order chi connectivity index (χ1) is 7.72. The van der Waals surface area contributed by atoms with Crippen molar-refractivity contribution < 1.29 is 9.90 Å². The maximum absolute atomic E-state index is 11.2. The van der Waals surface area contributed by atoms with Gasteiger partial charge in [-0.05, 0) is 18.6 Å². The van der Waals surface area contributed by atoms with Gasteiger partial charge in [0.05, 0.1) is 5.56 Å². The highest BCUT2D eigenvalue weighted by Crippen LogP contribution is 2.24. The van der Waals surface area contributed by atoms with E-state index < -0.39 is 5.91 Å². The van der Waals surface area contributed by atoms with Gasteiger partial charge in [-0.25, -0.2) is 4.98 Å². The molecule has 16 heavy (non-hydrogen) atoms. The average molecular weight is 221 g/mol. The van der Waals surface area contributed by atoms with Gasteiger partial charge in [-0.15, -0.1) is 0 Å². The minimum Gasteiger partial charge on any atom is -0.396 e. The summed E-state index contributed by atoms with van der Waals surface area (Å²) in [5.74, 6) is 0.434. The van der Waals surface area contributed by atoms with E-state index in [2.05, 4.69) is 4.98 Å². The molecule has 1 aliphatic heterocycles. The van der Waals surface area contributed by atoms with Crippen LogP contribution in [-0.4, -0.2) is 35.7 Å². The molecule has 1 aliphatic rings. The smallest absolute Gasteiger partial charge is 0.252 e. The van der Waals surface area contributed by atoms with Crippen LogP contribution >= 0.6 is 0 Å². The topological polar surface area (TPSA) is 79.5 Å². The quantitative estimate of drug-likeness (QED) is 0.753. The second kappa shape index (κ2) is 4.49. The molecule has 0 saturated carbocycles. The zero-order chi connectivity index (χ0) is 11.5. The van der Waals surface area contributed by atoms with Crippen molar-refractivity contribution in [2.24, 2.45) is 11.7 Å². The van der Waals surface area contributed by atoms with E-state index in [9.17, 15) is 4.79 Å². The summed E-state index contributed by atoms with van der Waals surface area (Å²) in [6, 6.07) is 3.38. The highest BCUT2D eigenvalue weighted by atomic mass is 16.3. The highest BCUT2D eigenvalue weighted by Gasteiger charge is 2.25. The molecular formula is C11H15N3O2. The summed E-state index contributed by atoms with van der Waals surface area (Å²) in [6.45, 7) is 1.71. The number of carbonyl (C=O) groups excluding carboxylic acids is 1. The molecule has 1 atom stereocenters. The number of anilines is 1.